The van der Waals surface area contributed by atoms with Crippen LogP contribution in [-0.2, 0) is 18.9 Å². The quantitative estimate of drug-likeness (QED) is 0.0267. The Morgan fingerprint density at radius 2 is 0.481 bits per heavy atom. The van der Waals surface area contributed by atoms with Crippen LogP contribution in [-0.4, -0.2) is 224 Å². The van der Waals surface area contributed by atoms with Crippen molar-refractivity contribution in [3.8, 4) is 23.0 Å². The van der Waals surface area contributed by atoms with Gasteiger partial charge in [-0.3, -0.25) is 48.2 Å². The second-order valence-electron chi connectivity index (χ2n) is 17.9. The number of aromatic hydroxyl groups is 4. The van der Waals surface area contributed by atoms with Gasteiger partial charge < -0.3 is 81.9 Å². The van der Waals surface area contributed by atoms with Crippen LogP contribution in [0.15, 0.2) is 72.8 Å². The number of hydrogen-bond donors (Lipinski definition) is 12. The molecule has 0 saturated carbocycles. The highest BCUT2D eigenvalue weighted by molar-refractivity contribution is 6.06. The number of nitrogens with one attached hydrogen (secondary N) is 8. The van der Waals surface area contributed by atoms with Crippen molar-refractivity contribution in [2.24, 2.45) is 0 Å². The fraction of sp³-hybridized carbons (Fsp3) is 0.418. The van der Waals surface area contributed by atoms with Gasteiger partial charge in [0.2, 0.25) is 0 Å². The summed E-state index contributed by atoms with van der Waals surface area (Å²) in [5.74, 6) is -7.17. The molecule has 0 fully saturated rings. The third kappa shape index (κ3) is 20.7. The minimum atomic E-state index is -0.667. The van der Waals surface area contributed by atoms with Crippen LogP contribution in [0.4, 0.5) is 0 Å². The lowest BCUT2D eigenvalue weighted by molar-refractivity contribution is 0.0918. The second kappa shape index (κ2) is 35.3. The van der Waals surface area contributed by atoms with Crippen LogP contribution in [0, 0.1) is 0 Å². The predicted octanol–water partition coefficient (Wildman–Crippen LogP) is 0.0277. The Bertz CT molecular complexity index is 2400. The zero-order valence-corrected chi connectivity index (χ0v) is 45.9. The van der Waals surface area contributed by atoms with E-state index in [1.54, 1.807) is 0 Å². The minimum Gasteiger partial charge on any atom is -0.506 e. The molecule has 26 heteroatoms. The third-order valence-electron chi connectivity index (χ3n) is 12.3. The van der Waals surface area contributed by atoms with Gasteiger partial charge in [-0.05, 0) is 68.0 Å². The van der Waals surface area contributed by atoms with Crippen molar-refractivity contribution in [3.63, 3.8) is 0 Å². The summed E-state index contributed by atoms with van der Waals surface area (Å²) < 4.78 is 19.9. The molecule has 8 amide bonds. The van der Waals surface area contributed by atoms with Crippen LogP contribution < -0.4 is 42.5 Å². The van der Waals surface area contributed by atoms with Crippen LogP contribution in [0.2, 0.25) is 0 Å². The van der Waals surface area contributed by atoms with Crippen molar-refractivity contribution in [3.05, 3.63) is 117 Å². The first kappa shape index (κ1) is 65.1. The van der Waals surface area contributed by atoms with Gasteiger partial charge in [-0.1, -0.05) is 24.3 Å². The fourth-order valence-corrected chi connectivity index (χ4v) is 7.97. The molecule has 0 aromatic heterocycles. The molecule has 26 nitrogen and oxygen atoms in total. The summed E-state index contributed by atoms with van der Waals surface area (Å²) in [7, 11) is 5.88. The molecule has 0 bridgehead atoms. The number of hydrogen-bond acceptors (Lipinski definition) is 18. The molecule has 0 unspecified atom stereocenters. The average Bonchev–Trinajstić information content (AvgIpc) is 3.45. The molecule has 440 valence electrons. The highest BCUT2D eigenvalue weighted by Gasteiger charge is 2.23. The first-order chi connectivity index (χ1) is 39.1. The van der Waals surface area contributed by atoms with Crippen molar-refractivity contribution < 1.29 is 77.7 Å². The van der Waals surface area contributed by atoms with Crippen molar-refractivity contribution >= 4 is 47.3 Å². The number of nitrogens with zero attached hydrogens (tertiary/aromatic N) is 2. The summed E-state index contributed by atoms with van der Waals surface area (Å²) in [5.41, 5.74) is -1.02. The molecule has 0 saturated heterocycles. The van der Waals surface area contributed by atoms with Gasteiger partial charge in [0.1, 0.15) is 23.0 Å². The predicted molar refractivity (Wildman–Crippen MR) is 296 cm³/mol. The zero-order chi connectivity index (χ0) is 59.1. The molecular formula is C55H74N10O16. The zero-order valence-electron chi connectivity index (χ0n) is 45.9. The maximum absolute atomic E-state index is 13.4. The third-order valence-corrected chi connectivity index (χ3v) is 12.3. The maximum Gasteiger partial charge on any atom is 0.255 e. The number of carbonyl (C=O) groups excluding carboxylic acids is 8. The summed E-state index contributed by atoms with van der Waals surface area (Å²) in [6.45, 7) is 3.23. The maximum atomic E-state index is 13.4. The molecule has 0 spiro atoms. The number of phenolic OH excluding ortho intramolecular Hbond substituents is 4. The van der Waals surface area contributed by atoms with Gasteiger partial charge in [0.05, 0.1) is 70.9 Å². The molecule has 0 radical (unpaired) electrons. The lowest BCUT2D eigenvalue weighted by atomic mass is 10.1. The Kier molecular flexibility index (Phi) is 28.4. The normalized spacial score (nSPS) is 10.9. The number of methoxy groups -OCH3 is 4. The summed E-state index contributed by atoms with van der Waals surface area (Å²) in [4.78, 5) is 109. The van der Waals surface area contributed by atoms with Gasteiger partial charge in [-0.2, -0.15) is 0 Å². The fourth-order valence-electron chi connectivity index (χ4n) is 7.97. The Morgan fingerprint density at radius 3 is 0.654 bits per heavy atom. The largest absolute Gasteiger partial charge is 0.506 e. The van der Waals surface area contributed by atoms with Gasteiger partial charge >= 0.3 is 0 Å². The first-order valence-corrected chi connectivity index (χ1v) is 26.0. The van der Waals surface area contributed by atoms with Crippen molar-refractivity contribution in [1.82, 2.24) is 52.3 Å². The van der Waals surface area contributed by atoms with Crippen LogP contribution in [0.3, 0.4) is 0 Å². The molecule has 0 aliphatic rings. The van der Waals surface area contributed by atoms with E-state index in [9.17, 15) is 58.8 Å². The van der Waals surface area contributed by atoms with E-state index in [4.69, 9.17) is 18.9 Å². The van der Waals surface area contributed by atoms with E-state index in [1.165, 1.54) is 101 Å². The summed E-state index contributed by atoms with van der Waals surface area (Å²) >= 11 is 0. The standard InChI is InChI=1S/C55H74N10O16/c1-78-32-22-60-52(74)40-14-5-10-36(44(40)66)48(70)56-18-28-64(29-19-57-49(71)37-11-6-15-41(45(37)67)53(75)61-23-33-79-2)26-9-27-65(30-20-58-50(72)38-12-7-16-42(46(38)68)54(76)62-24-34-80-3)31-21-59-51(73)39-13-8-17-43(47(39)69)55(77)63-25-35-81-4/h5-8,10-17,66-69H,9,18-35H2,1-4H3,(H,56,70)(H,57,71)(H,58,72)(H,59,73)(H,60,74)(H,61,75)(H,62,76)(H,63,77). The topological polar surface area (TPSA) is 357 Å². The second-order valence-corrected chi connectivity index (χ2v) is 17.9. The number of phenols is 4. The molecule has 0 heterocycles. The molecule has 0 atom stereocenters. The summed E-state index contributed by atoms with van der Waals surface area (Å²) in [5, 5.41) is 65.2. The number of rotatable bonds is 36. The number of amides is 8. The highest BCUT2D eigenvalue weighted by atomic mass is 16.5. The van der Waals surface area contributed by atoms with Gasteiger partial charge in [0.25, 0.3) is 47.3 Å². The number of carbonyl (C=O) groups is 8. The number of benzene rings is 4. The van der Waals surface area contributed by atoms with Crippen molar-refractivity contribution in [2.75, 3.05) is 146 Å². The molecule has 81 heavy (non-hydrogen) atoms. The first-order valence-electron chi connectivity index (χ1n) is 26.0. The van der Waals surface area contributed by atoms with E-state index in [1.807, 2.05) is 9.80 Å². The number of para-hydroxylation sites is 4. The van der Waals surface area contributed by atoms with Crippen LogP contribution in [0.1, 0.15) is 89.3 Å². The van der Waals surface area contributed by atoms with Crippen LogP contribution in [0.25, 0.3) is 0 Å². The Labute approximate surface area is 469 Å². The van der Waals surface area contributed by atoms with E-state index in [0.29, 0.717) is 19.5 Å². The van der Waals surface area contributed by atoms with Gasteiger partial charge in [-0.25, -0.2) is 0 Å². The molecule has 0 aliphatic heterocycles. The SMILES string of the molecule is COCCNC(=O)c1cccc(C(=O)NCCN(CCCN(CCNC(=O)c2cccc(C(=O)NCCOC)c2O)CCNC(=O)c2cccc(C(=O)NCCOC)c2O)CCNC(=O)c2cccc(C(=O)NCCOC)c2O)c1O. The Balaban J connectivity index is 1.52. The van der Waals surface area contributed by atoms with Crippen molar-refractivity contribution in [2.45, 2.75) is 6.42 Å². The molecule has 12 N–H and O–H groups in total. The molecule has 4 rings (SSSR count). The average molecular weight is 1130 g/mol. The number of ether oxygens (including phenoxy) is 4. The van der Waals surface area contributed by atoms with E-state index < -0.39 is 70.3 Å². The van der Waals surface area contributed by atoms with Crippen LogP contribution in [0.5, 0.6) is 23.0 Å². The Hall–Kier alpha value is -8.40. The highest BCUT2D eigenvalue weighted by Crippen LogP contribution is 2.26. The lowest BCUT2D eigenvalue weighted by Crippen LogP contribution is -2.42. The minimum absolute atomic E-state index is 0.0327. The van der Waals surface area contributed by atoms with E-state index >= 15 is 0 Å². The van der Waals surface area contributed by atoms with E-state index in [2.05, 4.69) is 42.5 Å². The van der Waals surface area contributed by atoms with Gasteiger partial charge in [0.15, 0.2) is 0 Å². The monoisotopic (exact) mass is 1130 g/mol. The van der Waals surface area contributed by atoms with Gasteiger partial charge in [-0.15, -0.1) is 0 Å². The Morgan fingerprint density at radius 1 is 0.309 bits per heavy atom. The van der Waals surface area contributed by atoms with Crippen molar-refractivity contribution in [1.29, 1.82) is 0 Å². The molecule has 4 aromatic rings. The summed E-state index contributed by atoms with van der Waals surface area (Å²) in [6, 6.07) is 16.8. The van der Waals surface area contributed by atoms with Crippen LogP contribution >= 0.6 is 0 Å². The molecule has 4 aromatic carbocycles. The molecular weight excluding hydrogens is 1060 g/mol. The smallest absolute Gasteiger partial charge is 0.255 e. The molecule has 0 aliphatic carbocycles. The summed E-state index contributed by atoms with van der Waals surface area (Å²) in [6.07, 6.45) is 0.424. The lowest BCUT2D eigenvalue weighted by Gasteiger charge is -2.26. The van der Waals surface area contributed by atoms with Gasteiger partial charge in [0, 0.05) is 107 Å². The van der Waals surface area contributed by atoms with E-state index in [-0.39, 0.29) is 149 Å². The van der Waals surface area contributed by atoms with E-state index in [0.717, 1.165) is 0 Å².